The van der Waals surface area contributed by atoms with Gasteiger partial charge in [-0.25, -0.2) is 8.42 Å². The van der Waals surface area contributed by atoms with Crippen molar-refractivity contribution in [3.8, 4) is 12.3 Å². The zero-order valence-corrected chi connectivity index (χ0v) is 12.4. The van der Waals surface area contributed by atoms with Crippen LogP contribution in [0, 0.1) is 12.3 Å². The molecule has 0 aliphatic heterocycles. The van der Waals surface area contributed by atoms with Crippen LogP contribution in [0.15, 0.2) is 47.4 Å². The van der Waals surface area contributed by atoms with Gasteiger partial charge < -0.3 is 5.73 Å². The first-order valence-corrected chi connectivity index (χ1v) is 7.92. The van der Waals surface area contributed by atoms with Crippen molar-refractivity contribution in [2.45, 2.75) is 18.2 Å². The van der Waals surface area contributed by atoms with Crippen LogP contribution in [0.25, 0.3) is 0 Å². The number of sulfonamides is 1. The summed E-state index contributed by atoms with van der Waals surface area (Å²) in [4.78, 5) is 0.191. The standard InChI is InChI=1S/C16H16N2O2S/c1-3-12-6-5-7-15(10-12)18-21(19,20)16-11-14(17)9-8-13(16)4-2/h1,5-11,18H,4,17H2,2H3. The molecule has 0 radical (unpaired) electrons. The van der Waals surface area contributed by atoms with Crippen molar-refractivity contribution in [2.24, 2.45) is 0 Å². The van der Waals surface area contributed by atoms with Gasteiger partial charge in [-0.15, -0.1) is 6.42 Å². The maximum absolute atomic E-state index is 12.5. The van der Waals surface area contributed by atoms with E-state index in [1.165, 1.54) is 6.07 Å². The van der Waals surface area contributed by atoms with Gasteiger partial charge in [-0.2, -0.15) is 0 Å². The van der Waals surface area contributed by atoms with Crippen LogP contribution < -0.4 is 10.5 Å². The average molecular weight is 300 g/mol. The molecule has 0 saturated heterocycles. The largest absolute Gasteiger partial charge is 0.399 e. The van der Waals surface area contributed by atoms with Gasteiger partial charge in [0.15, 0.2) is 0 Å². The minimum Gasteiger partial charge on any atom is -0.399 e. The molecule has 2 rings (SSSR count). The number of aryl methyl sites for hydroxylation is 1. The van der Waals surface area contributed by atoms with Crippen molar-refractivity contribution in [3.05, 3.63) is 53.6 Å². The molecule has 2 aromatic carbocycles. The first kappa shape index (κ1) is 14.9. The monoisotopic (exact) mass is 300 g/mol. The van der Waals surface area contributed by atoms with Gasteiger partial charge in [0, 0.05) is 11.3 Å². The quantitative estimate of drug-likeness (QED) is 0.673. The second-order valence-electron chi connectivity index (χ2n) is 4.55. The molecule has 0 saturated carbocycles. The summed E-state index contributed by atoms with van der Waals surface area (Å²) in [5.74, 6) is 2.47. The van der Waals surface area contributed by atoms with Gasteiger partial charge in [0.05, 0.1) is 10.6 Å². The molecule has 108 valence electrons. The van der Waals surface area contributed by atoms with Crippen LogP contribution in [0.5, 0.6) is 0 Å². The molecule has 0 spiro atoms. The van der Waals surface area contributed by atoms with Crippen LogP contribution >= 0.6 is 0 Å². The summed E-state index contributed by atoms with van der Waals surface area (Å²) in [7, 11) is -3.70. The summed E-state index contributed by atoms with van der Waals surface area (Å²) < 4.78 is 27.6. The first-order chi connectivity index (χ1) is 9.96. The number of benzene rings is 2. The summed E-state index contributed by atoms with van der Waals surface area (Å²) in [6.45, 7) is 1.89. The smallest absolute Gasteiger partial charge is 0.262 e. The molecule has 0 unspecified atom stereocenters. The number of nitrogens with one attached hydrogen (secondary N) is 1. The Morgan fingerprint density at radius 2 is 2.00 bits per heavy atom. The van der Waals surface area contributed by atoms with E-state index in [-0.39, 0.29) is 4.90 Å². The fraction of sp³-hybridized carbons (Fsp3) is 0.125. The van der Waals surface area contributed by atoms with Crippen LogP contribution in [0.2, 0.25) is 0 Å². The minimum absolute atomic E-state index is 0.191. The highest BCUT2D eigenvalue weighted by Gasteiger charge is 2.18. The SMILES string of the molecule is C#Cc1cccc(NS(=O)(=O)c2cc(N)ccc2CC)c1. The topological polar surface area (TPSA) is 72.2 Å². The average Bonchev–Trinajstić information content (AvgIpc) is 2.47. The molecular weight excluding hydrogens is 284 g/mol. The first-order valence-electron chi connectivity index (χ1n) is 6.44. The van der Waals surface area contributed by atoms with E-state index >= 15 is 0 Å². The molecule has 0 aliphatic carbocycles. The Morgan fingerprint density at radius 1 is 1.24 bits per heavy atom. The Bertz CT molecular complexity index is 805. The van der Waals surface area contributed by atoms with Crippen molar-refractivity contribution in [2.75, 3.05) is 10.5 Å². The highest BCUT2D eigenvalue weighted by atomic mass is 32.2. The van der Waals surface area contributed by atoms with Gasteiger partial charge in [0.2, 0.25) is 0 Å². The number of hydrogen-bond donors (Lipinski definition) is 2. The zero-order valence-electron chi connectivity index (χ0n) is 11.6. The lowest BCUT2D eigenvalue weighted by Gasteiger charge is -2.12. The normalized spacial score (nSPS) is 10.9. The Balaban J connectivity index is 2.43. The summed E-state index contributed by atoms with van der Waals surface area (Å²) in [5.41, 5.74) is 7.85. The highest BCUT2D eigenvalue weighted by molar-refractivity contribution is 7.92. The Hall–Kier alpha value is -2.45. The van der Waals surface area contributed by atoms with E-state index in [0.717, 1.165) is 0 Å². The van der Waals surface area contributed by atoms with E-state index in [9.17, 15) is 8.42 Å². The molecule has 0 heterocycles. The van der Waals surface area contributed by atoms with Crippen molar-refractivity contribution in [1.29, 1.82) is 0 Å². The molecule has 3 N–H and O–H groups in total. The van der Waals surface area contributed by atoms with Gasteiger partial charge in [0.25, 0.3) is 10.0 Å². The van der Waals surface area contributed by atoms with E-state index in [4.69, 9.17) is 12.2 Å². The molecule has 2 aromatic rings. The van der Waals surface area contributed by atoms with Gasteiger partial charge in [-0.05, 0) is 42.3 Å². The maximum atomic E-state index is 12.5. The molecule has 0 aromatic heterocycles. The highest BCUT2D eigenvalue weighted by Crippen LogP contribution is 2.23. The van der Waals surface area contributed by atoms with Gasteiger partial charge in [-0.3, -0.25) is 4.72 Å². The van der Waals surface area contributed by atoms with Crippen LogP contribution in [0.4, 0.5) is 11.4 Å². The van der Waals surface area contributed by atoms with Gasteiger partial charge in [-0.1, -0.05) is 25.0 Å². The molecule has 0 amide bonds. The Morgan fingerprint density at radius 3 is 2.67 bits per heavy atom. The van der Waals surface area contributed by atoms with E-state index < -0.39 is 10.0 Å². The fourth-order valence-electron chi connectivity index (χ4n) is 2.00. The van der Waals surface area contributed by atoms with Gasteiger partial charge in [0.1, 0.15) is 0 Å². The maximum Gasteiger partial charge on any atom is 0.262 e. The molecule has 0 atom stereocenters. The predicted molar refractivity (Wildman–Crippen MR) is 85.4 cm³/mol. The molecule has 0 bridgehead atoms. The number of nitrogens with two attached hydrogens (primary N) is 1. The minimum atomic E-state index is -3.70. The number of hydrogen-bond acceptors (Lipinski definition) is 3. The number of nitrogen functional groups attached to an aromatic ring is 1. The van der Waals surface area contributed by atoms with Crippen molar-refractivity contribution < 1.29 is 8.42 Å². The zero-order chi connectivity index (χ0) is 15.5. The third-order valence-corrected chi connectivity index (χ3v) is 4.51. The number of anilines is 2. The summed E-state index contributed by atoms with van der Waals surface area (Å²) in [6.07, 6.45) is 5.91. The van der Waals surface area contributed by atoms with Crippen molar-refractivity contribution in [3.63, 3.8) is 0 Å². The molecule has 0 aliphatic rings. The van der Waals surface area contributed by atoms with Crippen LogP contribution in [0.3, 0.4) is 0 Å². The summed E-state index contributed by atoms with van der Waals surface area (Å²) in [6, 6.07) is 11.6. The van der Waals surface area contributed by atoms with E-state index in [1.807, 2.05) is 6.92 Å². The predicted octanol–water partition coefficient (Wildman–Crippen LogP) is 2.61. The summed E-state index contributed by atoms with van der Waals surface area (Å²) in [5, 5.41) is 0. The Labute approximate surface area is 125 Å². The van der Waals surface area contributed by atoms with Crippen molar-refractivity contribution in [1.82, 2.24) is 0 Å². The second kappa shape index (κ2) is 5.90. The Kier molecular flexibility index (Phi) is 4.20. The van der Waals surface area contributed by atoms with E-state index in [1.54, 1.807) is 36.4 Å². The lowest BCUT2D eigenvalue weighted by Crippen LogP contribution is -2.15. The fourth-order valence-corrected chi connectivity index (χ4v) is 3.39. The third-order valence-electron chi connectivity index (χ3n) is 3.04. The lowest BCUT2D eigenvalue weighted by molar-refractivity contribution is 0.600. The van der Waals surface area contributed by atoms with E-state index in [0.29, 0.717) is 28.9 Å². The van der Waals surface area contributed by atoms with Crippen LogP contribution in [-0.2, 0) is 16.4 Å². The van der Waals surface area contributed by atoms with Gasteiger partial charge >= 0.3 is 0 Å². The molecular formula is C16H16N2O2S. The molecule has 21 heavy (non-hydrogen) atoms. The number of rotatable bonds is 4. The molecule has 0 fully saturated rings. The lowest BCUT2D eigenvalue weighted by atomic mass is 10.1. The number of terminal acetylenes is 1. The van der Waals surface area contributed by atoms with E-state index in [2.05, 4.69) is 10.6 Å². The summed E-state index contributed by atoms with van der Waals surface area (Å²) >= 11 is 0. The molecule has 5 heteroatoms. The third kappa shape index (κ3) is 3.36. The van der Waals surface area contributed by atoms with Crippen LogP contribution in [0.1, 0.15) is 18.1 Å². The molecule has 4 nitrogen and oxygen atoms in total. The van der Waals surface area contributed by atoms with Crippen molar-refractivity contribution >= 4 is 21.4 Å². The second-order valence-corrected chi connectivity index (χ2v) is 6.20. The van der Waals surface area contributed by atoms with Crippen LogP contribution in [-0.4, -0.2) is 8.42 Å².